The normalized spacial score (nSPS) is 11.9. The van der Waals surface area contributed by atoms with Crippen molar-refractivity contribution in [3.05, 3.63) is 62.0 Å². The van der Waals surface area contributed by atoms with Gasteiger partial charge in [-0.25, -0.2) is 0 Å². The van der Waals surface area contributed by atoms with Gasteiger partial charge in [0, 0.05) is 19.7 Å². The molecule has 0 radical (unpaired) electrons. The number of carbonyl (C=O) groups is 1. The largest absolute Gasteiger partial charge is 0.370 e. The zero-order chi connectivity index (χ0) is 14.7. The van der Waals surface area contributed by atoms with Crippen LogP contribution in [0.1, 0.15) is 11.6 Å². The number of nitrogens with two attached hydrogens (primary N) is 1. The van der Waals surface area contributed by atoms with Crippen LogP contribution in [0.5, 0.6) is 0 Å². The van der Waals surface area contributed by atoms with Crippen LogP contribution in [0.15, 0.2) is 51.4 Å². The maximum absolute atomic E-state index is 11.7. The first kappa shape index (κ1) is 15.4. The zero-order valence-corrected chi connectivity index (χ0v) is 14.2. The van der Waals surface area contributed by atoms with Gasteiger partial charge >= 0.3 is 0 Å². The molecule has 0 bridgehead atoms. The Hall–Kier alpha value is -1.04. The molecule has 2 aromatic rings. The molecule has 3 N–H and O–H groups in total. The van der Waals surface area contributed by atoms with Crippen LogP contribution < -0.4 is 11.1 Å². The van der Waals surface area contributed by atoms with Gasteiger partial charge in [0.05, 0.1) is 0 Å². The second-order valence-electron chi connectivity index (χ2n) is 4.16. The van der Waals surface area contributed by atoms with Crippen LogP contribution in [0, 0.1) is 0 Å². The summed E-state index contributed by atoms with van der Waals surface area (Å²) in [6.45, 7) is 0. The number of carbonyl (C=O) groups excluding carboxylic acids is 1. The van der Waals surface area contributed by atoms with E-state index in [0.29, 0.717) is 5.02 Å². The topological polar surface area (TPSA) is 55.1 Å². The molecule has 104 valence electrons. The number of hydrogen-bond acceptors (Lipinski definition) is 2. The quantitative estimate of drug-likeness (QED) is 0.768. The van der Waals surface area contributed by atoms with E-state index in [9.17, 15) is 4.79 Å². The van der Waals surface area contributed by atoms with Crippen LogP contribution >= 0.6 is 43.5 Å². The number of hydrogen-bond donors (Lipinski definition) is 2. The summed E-state index contributed by atoms with van der Waals surface area (Å²) >= 11 is 12.6. The lowest BCUT2D eigenvalue weighted by atomic mass is 10.1. The Bertz CT molecular complexity index is 632. The first-order valence-corrected chi connectivity index (χ1v) is 7.70. The third-order valence-electron chi connectivity index (χ3n) is 2.72. The second kappa shape index (κ2) is 6.61. The Morgan fingerprint density at radius 2 is 1.75 bits per heavy atom. The third-order valence-corrected chi connectivity index (χ3v) is 4.85. The van der Waals surface area contributed by atoms with Crippen molar-refractivity contribution in [3.63, 3.8) is 0 Å². The van der Waals surface area contributed by atoms with Crippen LogP contribution in [-0.2, 0) is 4.79 Å². The van der Waals surface area contributed by atoms with Crippen molar-refractivity contribution in [1.29, 1.82) is 0 Å². The molecule has 0 saturated carbocycles. The van der Waals surface area contributed by atoms with E-state index < -0.39 is 11.9 Å². The standard InChI is InChI=1S/C14H11Br2ClN2O/c15-11-6-1-8(7-12(11)16)13(14(18)20)19-10-4-2-9(17)3-5-10/h1-7,13,19H,(H2,18,20). The van der Waals surface area contributed by atoms with Gasteiger partial charge in [-0.1, -0.05) is 17.7 Å². The number of halogens is 3. The molecule has 6 heteroatoms. The lowest BCUT2D eigenvalue weighted by Gasteiger charge is -2.18. The molecule has 20 heavy (non-hydrogen) atoms. The van der Waals surface area contributed by atoms with Crippen molar-refractivity contribution in [2.75, 3.05) is 5.32 Å². The van der Waals surface area contributed by atoms with Gasteiger partial charge in [-0.15, -0.1) is 0 Å². The van der Waals surface area contributed by atoms with Gasteiger partial charge in [0.15, 0.2) is 0 Å². The fourth-order valence-electron chi connectivity index (χ4n) is 1.72. The second-order valence-corrected chi connectivity index (χ2v) is 6.31. The number of benzene rings is 2. The number of primary amides is 1. The predicted octanol–water partition coefficient (Wildman–Crippen LogP) is 4.50. The highest BCUT2D eigenvalue weighted by atomic mass is 79.9. The van der Waals surface area contributed by atoms with Gasteiger partial charge in [0.25, 0.3) is 0 Å². The molecule has 0 aliphatic carbocycles. The summed E-state index contributed by atoms with van der Waals surface area (Å²) in [7, 11) is 0. The molecule has 2 aromatic carbocycles. The molecule has 2 rings (SSSR count). The number of rotatable bonds is 4. The molecule has 3 nitrogen and oxygen atoms in total. The van der Waals surface area contributed by atoms with Crippen LogP contribution in [0.4, 0.5) is 5.69 Å². The molecule has 1 atom stereocenters. The van der Waals surface area contributed by atoms with Crippen LogP contribution in [-0.4, -0.2) is 5.91 Å². The summed E-state index contributed by atoms with van der Waals surface area (Å²) < 4.78 is 1.77. The van der Waals surface area contributed by atoms with Gasteiger partial charge in [-0.3, -0.25) is 4.79 Å². The fourth-order valence-corrected chi connectivity index (χ4v) is 2.49. The minimum Gasteiger partial charge on any atom is -0.370 e. The smallest absolute Gasteiger partial charge is 0.244 e. The Balaban J connectivity index is 2.29. The summed E-state index contributed by atoms with van der Waals surface area (Å²) in [5.74, 6) is -0.450. The monoisotopic (exact) mass is 416 g/mol. The number of amides is 1. The van der Waals surface area contributed by atoms with E-state index in [4.69, 9.17) is 17.3 Å². The maximum atomic E-state index is 11.7. The minimum absolute atomic E-state index is 0.450. The van der Waals surface area contributed by atoms with E-state index in [1.165, 1.54) is 0 Å². The molecule has 0 aromatic heterocycles. The predicted molar refractivity (Wildman–Crippen MR) is 88.9 cm³/mol. The molecule has 0 fully saturated rings. The molecule has 0 spiro atoms. The summed E-state index contributed by atoms with van der Waals surface area (Å²) in [6, 6.07) is 12.0. The molecule has 0 aliphatic rings. The van der Waals surface area contributed by atoms with E-state index in [2.05, 4.69) is 37.2 Å². The van der Waals surface area contributed by atoms with E-state index in [-0.39, 0.29) is 0 Å². The first-order chi connectivity index (χ1) is 9.47. The molecule has 0 saturated heterocycles. The highest BCUT2D eigenvalue weighted by Crippen LogP contribution is 2.28. The summed E-state index contributed by atoms with van der Waals surface area (Å²) in [5, 5.41) is 3.74. The maximum Gasteiger partial charge on any atom is 0.244 e. The SMILES string of the molecule is NC(=O)C(Nc1ccc(Cl)cc1)c1ccc(Br)c(Br)c1. The van der Waals surface area contributed by atoms with Crippen molar-refractivity contribution in [2.45, 2.75) is 6.04 Å². The molecular formula is C14H11Br2ClN2O. The van der Waals surface area contributed by atoms with Gasteiger partial charge < -0.3 is 11.1 Å². The molecular weight excluding hydrogens is 407 g/mol. The van der Waals surface area contributed by atoms with Gasteiger partial charge in [-0.05, 0) is 73.8 Å². The van der Waals surface area contributed by atoms with E-state index in [0.717, 1.165) is 20.2 Å². The van der Waals surface area contributed by atoms with E-state index >= 15 is 0 Å². The van der Waals surface area contributed by atoms with Crippen molar-refractivity contribution in [2.24, 2.45) is 5.73 Å². The Kier molecular flexibility index (Phi) is 5.07. The number of nitrogens with one attached hydrogen (secondary N) is 1. The average Bonchev–Trinajstić information content (AvgIpc) is 2.41. The molecule has 0 aliphatic heterocycles. The lowest BCUT2D eigenvalue weighted by Crippen LogP contribution is -2.27. The summed E-state index contributed by atoms with van der Waals surface area (Å²) in [6.07, 6.45) is 0. The minimum atomic E-state index is -0.611. The molecule has 0 heterocycles. The van der Waals surface area contributed by atoms with Crippen molar-refractivity contribution >= 4 is 55.1 Å². The van der Waals surface area contributed by atoms with Gasteiger partial charge in [0.2, 0.25) is 5.91 Å². The Labute approximate surface area is 138 Å². The zero-order valence-electron chi connectivity index (χ0n) is 10.2. The molecule has 1 unspecified atom stereocenters. The lowest BCUT2D eigenvalue weighted by molar-refractivity contribution is -0.118. The number of anilines is 1. The van der Waals surface area contributed by atoms with E-state index in [1.54, 1.807) is 24.3 Å². The van der Waals surface area contributed by atoms with Gasteiger partial charge in [-0.2, -0.15) is 0 Å². The van der Waals surface area contributed by atoms with Crippen LogP contribution in [0.2, 0.25) is 5.02 Å². The van der Waals surface area contributed by atoms with Crippen molar-refractivity contribution in [3.8, 4) is 0 Å². The highest BCUT2D eigenvalue weighted by Gasteiger charge is 2.18. The highest BCUT2D eigenvalue weighted by molar-refractivity contribution is 9.13. The van der Waals surface area contributed by atoms with E-state index in [1.807, 2.05) is 18.2 Å². The third kappa shape index (κ3) is 3.75. The van der Waals surface area contributed by atoms with Crippen LogP contribution in [0.3, 0.4) is 0 Å². The Morgan fingerprint density at radius 1 is 1.10 bits per heavy atom. The summed E-state index contributed by atoms with van der Waals surface area (Å²) in [4.78, 5) is 11.7. The Morgan fingerprint density at radius 3 is 2.30 bits per heavy atom. The van der Waals surface area contributed by atoms with Gasteiger partial charge in [0.1, 0.15) is 6.04 Å². The first-order valence-electron chi connectivity index (χ1n) is 5.74. The van der Waals surface area contributed by atoms with Crippen molar-refractivity contribution in [1.82, 2.24) is 0 Å². The fraction of sp³-hybridized carbons (Fsp3) is 0.0714. The van der Waals surface area contributed by atoms with Crippen LogP contribution in [0.25, 0.3) is 0 Å². The molecule has 1 amide bonds. The summed E-state index contributed by atoms with van der Waals surface area (Å²) in [5.41, 5.74) is 7.04. The average molecular weight is 419 g/mol. The van der Waals surface area contributed by atoms with Crippen molar-refractivity contribution < 1.29 is 4.79 Å².